The van der Waals surface area contributed by atoms with Crippen LogP contribution < -0.4 is 11.1 Å². The smallest absolute Gasteiger partial charge is 0.250 e. The first-order valence-corrected chi connectivity index (χ1v) is 5.87. The number of rotatable bonds is 6. The van der Waals surface area contributed by atoms with Crippen LogP contribution in [0.3, 0.4) is 0 Å². The zero-order valence-electron chi connectivity index (χ0n) is 10.0. The molecular formula is C12H18N4O. The molecule has 0 aromatic carbocycles. The molecule has 1 fully saturated rings. The number of likely N-dealkylation sites (N-methyl/N-ethyl adjacent to an activating group) is 1. The van der Waals surface area contributed by atoms with Crippen molar-refractivity contribution in [1.82, 2.24) is 9.88 Å². The summed E-state index contributed by atoms with van der Waals surface area (Å²) in [6.07, 6.45) is 4.14. The fourth-order valence-corrected chi connectivity index (χ4v) is 1.70. The number of amides is 1. The van der Waals surface area contributed by atoms with Crippen molar-refractivity contribution in [3.8, 4) is 0 Å². The van der Waals surface area contributed by atoms with Crippen molar-refractivity contribution in [1.29, 1.82) is 0 Å². The van der Waals surface area contributed by atoms with E-state index in [4.69, 9.17) is 5.73 Å². The van der Waals surface area contributed by atoms with E-state index in [0.717, 1.165) is 24.9 Å². The molecule has 17 heavy (non-hydrogen) atoms. The number of nitrogens with one attached hydrogen (secondary N) is 1. The Morgan fingerprint density at radius 1 is 1.59 bits per heavy atom. The first-order valence-electron chi connectivity index (χ1n) is 5.87. The number of hydrogen-bond acceptors (Lipinski definition) is 4. The maximum Gasteiger partial charge on any atom is 0.250 e. The van der Waals surface area contributed by atoms with Gasteiger partial charge in [-0.1, -0.05) is 0 Å². The lowest BCUT2D eigenvalue weighted by atomic mass is 10.3. The molecular weight excluding hydrogens is 216 g/mol. The van der Waals surface area contributed by atoms with E-state index in [9.17, 15) is 4.79 Å². The van der Waals surface area contributed by atoms with Gasteiger partial charge < -0.3 is 16.0 Å². The molecule has 1 aromatic heterocycles. The maximum atomic E-state index is 10.9. The molecule has 0 radical (unpaired) electrons. The Hall–Kier alpha value is -1.62. The minimum Gasteiger partial charge on any atom is -0.369 e. The number of anilines is 1. The van der Waals surface area contributed by atoms with Crippen LogP contribution in [0.25, 0.3) is 0 Å². The molecule has 0 aliphatic heterocycles. The molecule has 1 aromatic rings. The van der Waals surface area contributed by atoms with E-state index in [1.807, 2.05) is 0 Å². The molecule has 2 rings (SSSR count). The number of pyridine rings is 1. The molecule has 3 N–H and O–H groups in total. The van der Waals surface area contributed by atoms with Crippen LogP contribution in [-0.4, -0.2) is 42.0 Å². The molecule has 1 heterocycles. The van der Waals surface area contributed by atoms with Gasteiger partial charge in [-0.05, 0) is 32.0 Å². The summed E-state index contributed by atoms with van der Waals surface area (Å²) in [6, 6.07) is 4.24. The van der Waals surface area contributed by atoms with Crippen LogP contribution in [-0.2, 0) is 0 Å². The van der Waals surface area contributed by atoms with E-state index in [2.05, 4.69) is 22.2 Å². The lowest BCUT2D eigenvalue weighted by Crippen LogP contribution is -2.27. The summed E-state index contributed by atoms with van der Waals surface area (Å²) in [6.45, 7) is 1.86. The Morgan fingerprint density at radius 3 is 2.88 bits per heavy atom. The van der Waals surface area contributed by atoms with E-state index in [0.29, 0.717) is 5.56 Å². The average molecular weight is 234 g/mol. The van der Waals surface area contributed by atoms with Gasteiger partial charge in [0.1, 0.15) is 5.82 Å². The second-order valence-corrected chi connectivity index (χ2v) is 4.43. The Balaban J connectivity index is 1.76. The third-order valence-electron chi connectivity index (χ3n) is 2.99. The molecule has 0 saturated heterocycles. The normalized spacial score (nSPS) is 14.9. The number of hydrogen-bond donors (Lipinski definition) is 2. The van der Waals surface area contributed by atoms with E-state index in [-0.39, 0.29) is 0 Å². The SMILES string of the molecule is CN(CCNc1ccc(C(N)=O)cn1)C1CC1. The van der Waals surface area contributed by atoms with Crippen LogP contribution >= 0.6 is 0 Å². The summed E-state index contributed by atoms with van der Waals surface area (Å²) in [7, 11) is 2.14. The van der Waals surface area contributed by atoms with Crippen LogP contribution in [0.1, 0.15) is 23.2 Å². The van der Waals surface area contributed by atoms with Gasteiger partial charge in [-0.25, -0.2) is 4.98 Å². The van der Waals surface area contributed by atoms with Crippen molar-refractivity contribution in [2.24, 2.45) is 5.73 Å². The first-order chi connectivity index (χ1) is 8.16. The van der Waals surface area contributed by atoms with Gasteiger partial charge in [0.05, 0.1) is 5.56 Å². The lowest BCUT2D eigenvalue weighted by Gasteiger charge is -2.15. The third kappa shape index (κ3) is 3.42. The monoisotopic (exact) mass is 234 g/mol. The van der Waals surface area contributed by atoms with E-state index in [1.165, 1.54) is 19.0 Å². The number of carbonyl (C=O) groups excluding carboxylic acids is 1. The largest absolute Gasteiger partial charge is 0.369 e. The van der Waals surface area contributed by atoms with Gasteiger partial charge in [-0.2, -0.15) is 0 Å². The van der Waals surface area contributed by atoms with Gasteiger partial charge in [0.25, 0.3) is 0 Å². The van der Waals surface area contributed by atoms with Gasteiger partial charge in [-0.15, -0.1) is 0 Å². The summed E-state index contributed by atoms with van der Waals surface area (Å²) in [5.74, 6) is 0.330. The Bertz CT molecular complexity index is 386. The molecule has 0 atom stereocenters. The number of nitrogens with zero attached hydrogens (tertiary/aromatic N) is 2. The zero-order chi connectivity index (χ0) is 12.3. The molecule has 5 nitrogen and oxygen atoms in total. The van der Waals surface area contributed by atoms with Crippen molar-refractivity contribution in [3.63, 3.8) is 0 Å². The Kier molecular flexibility index (Phi) is 3.58. The second kappa shape index (κ2) is 5.14. The lowest BCUT2D eigenvalue weighted by molar-refractivity contribution is 0.1000. The summed E-state index contributed by atoms with van der Waals surface area (Å²) >= 11 is 0. The average Bonchev–Trinajstić information content (AvgIpc) is 3.13. The fourth-order valence-electron chi connectivity index (χ4n) is 1.70. The molecule has 1 aliphatic rings. The van der Waals surface area contributed by atoms with Gasteiger partial charge in [-0.3, -0.25) is 4.79 Å². The van der Waals surface area contributed by atoms with Crippen LogP contribution in [0.2, 0.25) is 0 Å². The molecule has 1 saturated carbocycles. The van der Waals surface area contributed by atoms with Crippen LogP contribution in [0.15, 0.2) is 18.3 Å². The number of aromatic nitrogens is 1. The zero-order valence-corrected chi connectivity index (χ0v) is 10.0. The first kappa shape index (κ1) is 11.9. The van der Waals surface area contributed by atoms with Gasteiger partial charge >= 0.3 is 0 Å². The third-order valence-corrected chi connectivity index (χ3v) is 2.99. The van der Waals surface area contributed by atoms with Crippen LogP contribution in [0.4, 0.5) is 5.82 Å². The minimum atomic E-state index is -0.447. The molecule has 0 bridgehead atoms. The van der Waals surface area contributed by atoms with Crippen molar-refractivity contribution in [3.05, 3.63) is 23.9 Å². The summed E-state index contributed by atoms with van der Waals surface area (Å²) in [4.78, 5) is 17.3. The highest BCUT2D eigenvalue weighted by Crippen LogP contribution is 2.24. The summed E-state index contributed by atoms with van der Waals surface area (Å²) < 4.78 is 0. The Morgan fingerprint density at radius 2 is 2.35 bits per heavy atom. The van der Waals surface area contributed by atoms with Gasteiger partial charge in [0.15, 0.2) is 0 Å². The maximum absolute atomic E-state index is 10.9. The Labute approximate surface area is 101 Å². The van der Waals surface area contributed by atoms with Crippen molar-refractivity contribution in [2.45, 2.75) is 18.9 Å². The minimum absolute atomic E-state index is 0.436. The number of primary amides is 1. The fraction of sp³-hybridized carbons (Fsp3) is 0.500. The predicted octanol–water partition coefficient (Wildman–Crippen LogP) is 0.687. The molecule has 1 amide bonds. The van der Waals surface area contributed by atoms with E-state index >= 15 is 0 Å². The quantitative estimate of drug-likeness (QED) is 0.759. The number of carbonyl (C=O) groups is 1. The van der Waals surface area contributed by atoms with E-state index < -0.39 is 5.91 Å². The summed E-state index contributed by atoms with van der Waals surface area (Å²) in [5.41, 5.74) is 5.57. The molecule has 1 aliphatic carbocycles. The molecule has 92 valence electrons. The van der Waals surface area contributed by atoms with Crippen molar-refractivity contribution >= 4 is 11.7 Å². The molecule has 5 heteroatoms. The van der Waals surface area contributed by atoms with Crippen LogP contribution in [0, 0.1) is 0 Å². The van der Waals surface area contributed by atoms with Gasteiger partial charge in [0, 0.05) is 25.3 Å². The summed E-state index contributed by atoms with van der Waals surface area (Å²) in [5, 5.41) is 3.22. The van der Waals surface area contributed by atoms with Crippen LogP contribution in [0.5, 0.6) is 0 Å². The molecule has 0 spiro atoms. The standard InChI is InChI=1S/C12H18N4O/c1-16(10-3-4-10)7-6-14-11-5-2-9(8-15-11)12(13)17/h2,5,8,10H,3-4,6-7H2,1H3,(H2,13,17)(H,14,15). The van der Waals surface area contributed by atoms with Crippen molar-refractivity contribution in [2.75, 3.05) is 25.5 Å². The van der Waals surface area contributed by atoms with Gasteiger partial charge in [0.2, 0.25) is 5.91 Å². The predicted molar refractivity (Wildman–Crippen MR) is 66.9 cm³/mol. The topological polar surface area (TPSA) is 71.2 Å². The highest BCUT2D eigenvalue weighted by molar-refractivity contribution is 5.92. The van der Waals surface area contributed by atoms with E-state index in [1.54, 1.807) is 12.1 Å². The number of nitrogens with two attached hydrogens (primary N) is 1. The highest BCUT2D eigenvalue weighted by Gasteiger charge is 2.25. The molecule has 0 unspecified atom stereocenters. The van der Waals surface area contributed by atoms with Crippen molar-refractivity contribution < 1.29 is 4.79 Å². The highest BCUT2D eigenvalue weighted by atomic mass is 16.1. The second-order valence-electron chi connectivity index (χ2n) is 4.43.